The van der Waals surface area contributed by atoms with E-state index < -0.39 is 23.6 Å². The van der Waals surface area contributed by atoms with Crippen LogP contribution in [0.15, 0.2) is 64.2 Å². The Labute approximate surface area is 172 Å². The summed E-state index contributed by atoms with van der Waals surface area (Å²) in [6.07, 6.45) is 1.51. The van der Waals surface area contributed by atoms with Crippen LogP contribution in [-0.4, -0.2) is 10.9 Å². The maximum atomic E-state index is 14.0. The third kappa shape index (κ3) is 4.35. The van der Waals surface area contributed by atoms with Crippen LogP contribution in [-0.2, 0) is 0 Å². The molecule has 3 rings (SSSR count). The fourth-order valence-corrected chi connectivity index (χ4v) is 2.97. The minimum Gasteiger partial charge on any atom is -0.858 e. The molecule has 3 aromatic rings. The van der Waals surface area contributed by atoms with Crippen molar-refractivity contribution in [3.05, 3.63) is 98.2 Å². The van der Waals surface area contributed by atoms with E-state index in [1.54, 1.807) is 18.2 Å². The van der Waals surface area contributed by atoms with Crippen LogP contribution in [0.3, 0.4) is 0 Å². The Morgan fingerprint density at radius 2 is 1.93 bits per heavy atom. The summed E-state index contributed by atoms with van der Waals surface area (Å²) in [5.74, 6) is -2.21. The van der Waals surface area contributed by atoms with Gasteiger partial charge in [0.2, 0.25) is 0 Å². The first-order chi connectivity index (χ1) is 13.4. The highest BCUT2D eigenvalue weighted by Crippen LogP contribution is 2.29. The van der Waals surface area contributed by atoms with Gasteiger partial charge in [0, 0.05) is 10.7 Å². The van der Waals surface area contributed by atoms with Gasteiger partial charge >= 0.3 is 0 Å². The molecule has 0 aliphatic rings. The lowest BCUT2D eigenvalue weighted by atomic mass is 10.0. The van der Waals surface area contributed by atoms with Crippen molar-refractivity contribution < 1.29 is 13.9 Å². The topological polar surface area (TPSA) is 72.1 Å². The summed E-state index contributed by atoms with van der Waals surface area (Å²) >= 11 is 9.06. The molecule has 28 heavy (non-hydrogen) atoms. The van der Waals surface area contributed by atoms with Gasteiger partial charge in [-0.1, -0.05) is 39.7 Å². The SMILES string of the molecule is N#Cc1ccc(C([O-])=NC(c2ccc(Cl)c(F)c2)c2cc(Br)ccn2)cc1F. The number of hydrogen-bond acceptors (Lipinski definition) is 4. The van der Waals surface area contributed by atoms with Crippen molar-refractivity contribution in [3.8, 4) is 6.07 Å². The van der Waals surface area contributed by atoms with Crippen LogP contribution >= 0.6 is 27.5 Å². The van der Waals surface area contributed by atoms with E-state index in [9.17, 15) is 13.9 Å². The van der Waals surface area contributed by atoms with Crippen molar-refractivity contribution in [1.82, 2.24) is 4.98 Å². The number of hydrogen-bond donors (Lipinski definition) is 0. The Morgan fingerprint density at radius 1 is 1.14 bits per heavy atom. The minimum absolute atomic E-state index is 0.0362. The van der Waals surface area contributed by atoms with Crippen LogP contribution < -0.4 is 5.11 Å². The molecule has 0 fully saturated rings. The molecule has 1 aromatic heterocycles. The van der Waals surface area contributed by atoms with Crippen LogP contribution in [0, 0.1) is 23.0 Å². The van der Waals surface area contributed by atoms with Crippen LogP contribution in [0.25, 0.3) is 0 Å². The normalized spacial score (nSPS) is 12.5. The van der Waals surface area contributed by atoms with Gasteiger partial charge in [-0.25, -0.2) is 8.78 Å². The van der Waals surface area contributed by atoms with E-state index in [0.29, 0.717) is 15.7 Å². The zero-order valence-electron chi connectivity index (χ0n) is 14.0. The van der Waals surface area contributed by atoms with Crippen LogP contribution in [0.5, 0.6) is 0 Å². The van der Waals surface area contributed by atoms with Gasteiger partial charge in [0.05, 0.1) is 16.3 Å². The maximum Gasteiger partial charge on any atom is 0.142 e. The van der Waals surface area contributed by atoms with Gasteiger partial charge in [0.15, 0.2) is 0 Å². The Hall–Kier alpha value is -2.82. The lowest BCUT2D eigenvalue weighted by Gasteiger charge is -2.19. The zero-order valence-corrected chi connectivity index (χ0v) is 16.4. The van der Waals surface area contributed by atoms with E-state index in [1.165, 1.54) is 36.5 Å². The third-order valence-corrected chi connectivity index (χ3v) is 4.67. The van der Waals surface area contributed by atoms with E-state index >= 15 is 0 Å². The average molecular weight is 462 g/mol. The van der Waals surface area contributed by atoms with Crippen molar-refractivity contribution in [2.45, 2.75) is 6.04 Å². The van der Waals surface area contributed by atoms with Crippen molar-refractivity contribution in [1.29, 1.82) is 5.26 Å². The van der Waals surface area contributed by atoms with Crippen LogP contribution in [0.2, 0.25) is 5.02 Å². The van der Waals surface area contributed by atoms with E-state index in [4.69, 9.17) is 16.9 Å². The molecule has 1 unspecified atom stereocenters. The smallest absolute Gasteiger partial charge is 0.142 e. The number of nitriles is 1. The number of pyridine rings is 1. The predicted octanol–water partition coefficient (Wildman–Crippen LogP) is 4.54. The molecule has 0 saturated heterocycles. The summed E-state index contributed by atoms with van der Waals surface area (Å²) in [6, 6.07) is 11.6. The van der Waals surface area contributed by atoms with Crippen molar-refractivity contribution in [2.75, 3.05) is 0 Å². The lowest BCUT2D eigenvalue weighted by molar-refractivity contribution is -0.213. The molecule has 0 amide bonds. The second-order valence-electron chi connectivity index (χ2n) is 5.72. The average Bonchev–Trinajstić information content (AvgIpc) is 2.68. The summed E-state index contributed by atoms with van der Waals surface area (Å²) in [4.78, 5) is 8.33. The summed E-state index contributed by atoms with van der Waals surface area (Å²) < 4.78 is 28.5. The highest BCUT2D eigenvalue weighted by Gasteiger charge is 2.17. The van der Waals surface area contributed by atoms with Crippen LogP contribution in [0.1, 0.15) is 28.4 Å². The first-order valence-electron chi connectivity index (χ1n) is 7.90. The third-order valence-electron chi connectivity index (χ3n) is 3.87. The van der Waals surface area contributed by atoms with Crippen LogP contribution in [0.4, 0.5) is 8.78 Å². The predicted molar refractivity (Wildman–Crippen MR) is 103 cm³/mol. The standard InChI is InChI=1S/C20H11BrClF2N3O/c21-14-5-6-26-18(9-14)19(11-3-4-15(22)17(24)7-11)27-20(28)12-1-2-13(10-25)16(23)8-12/h1-9,19H,(H,27,28)/p-1. The molecule has 2 aromatic carbocycles. The molecule has 0 saturated carbocycles. The molecule has 0 aliphatic heterocycles. The molecule has 8 heteroatoms. The fourth-order valence-electron chi connectivity index (χ4n) is 2.50. The van der Waals surface area contributed by atoms with E-state index in [0.717, 1.165) is 6.07 Å². The Morgan fingerprint density at radius 3 is 2.57 bits per heavy atom. The number of halogens is 4. The first kappa shape index (κ1) is 19.9. The summed E-state index contributed by atoms with van der Waals surface area (Å²) in [6.45, 7) is 0. The van der Waals surface area contributed by atoms with Gasteiger partial charge in [-0.2, -0.15) is 5.26 Å². The Bertz CT molecular complexity index is 1110. The Kier molecular flexibility index (Phi) is 6.02. The number of rotatable bonds is 4. The minimum atomic E-state index is -0.935. The molecule has 0 radical (unpaired) electrons. The largest absolute Gasteiger partial charge is 0.858 e. The molecule has 1 atom stereocenters. The van der Waals surface area contributed by atoms with Gasteiger partial charge in [-0.05, 0) is 53.4 Å². The van der Waals surface area contributed by atoms with Crippen molar-refractivity contribution >= 4 is 33.4 Å². The molecular formula is C20H10BrClF2N3O-. The Balaban J connectivity index is 2.10. The van der Waals surface area contributed by atoms with Gasteiger partial charge in [-0.3, -0.25) is 9.98 Å². The van der Waals surface area contributed by atoms with E-state index in [2.05, 4.69) is 25.9 Å². The van der Waals surface area contributed by atoms with Crippen molar-refractivity contribution in [3.63, 3.8) is 0 Å². The highest BCUT2D eigenvalue weighted by atomic mass is 79.9. The fraction of sp³-hybridized carbons (Fsp3) is 0.0500. The summed E-state index contributed by atoms with van der Waals surface area (Å²) in [5, 5.41) is 21.4. The molecular weight excluding hydrogens is 452 g/mol. The van der Waals surface area contributed by atoms with Crippen molar-refractivity contribution in [2.24, 2.45) is 4.99 Å². The van der Waals surface area contributed by atoms with Gasteiger partial charge in [0.1, 0.15) is 23.7 Å². The first-order valence-corrected chi connectivity index (χ1v) is 9.07. The molecule has 0 N–H and O–H groups in total. The van der Waals surface area contributed by atoms with E-state index in [-0.39, 0.29) is 16.1 Å². The zero-order chi connectivity index (χ0) is 20.3. The molecule has 140 valence electrons. The molecule has 0 spiro atoms. The highest BCUT2D eigenvalue weighted by molar-refractivity contribution is 9.10. The summed E-state index contributed by atoms with van der Waals surface area (Å²) in [5.41, 5.74) is 0.529. The molecule has 4 nitrogen and oxygen atoms in total. The maximum absolute atomic E-state index is 14.0. The van der Waals surface area contributed by atoms with E-state index in [1.807, 2.05) is 0 Å². The number of benzene rings is 2. The monoisotopic (exact) mass is 460 g/mol. The number of aliphatic imine (C=N–C) groups is 1. The summed E-state index contributed by atoms with van der Waals surface area (Å²) in [7, 11) is 0. The number of aromatic nitrogens is 1. The molecule has 1 heterocycles. The van der Waals surface area contributed by atoms with Gasteiger partial charge < -0.3 is 5.11 Å². The quantitative estimate of drug-likeness (QED) is 0.423. The molecule has 0 bridgehead atoms. The molecule has 0 aliphatic carbocycles. The van der Waals surface area contributed by atoms with Gasteiger partial charge in [0.25, 0.3) is 0 Å². The van der Waals surface area contributed by atoms with Gasteiger partial charge in [-0.15, -0.1) is 0 Å². The second-order valence-corrected chi connectivity index (χ2v) is 7.04. The lowest BCUT2D eigenvalue weighted by Crippen LogP contribution is -2.21. The number of nitrogens with zero attached hydrogens (tertiary/aromatic N) is 3. The second kappa shape index (κ2) is 8.46.